The summed E-state index contributed by atoms with van der Waals surface area (Å²) in [6.45, 7) is 1.08. The number of methoxy groups -OCH3 is 1. The molecular weight excluding hydrogens is 292 g/mol. The van der Waals surface area contributed by atoms with Crippen LogP contribution in [0.1, 0.15) is 15.9 Å². The summed E-state index contributed by atoms with van der Waals surface area (Å²) >= 11 is 0. The predicted molar refractivity (Wildman–Crippen MR) is 88.8 cm³/mol. The topological polar surface area (TPSA) is 58.6 Å². The van der Waals surface area contributed by atoms with Crippen LogP contribution < -0.4 is 10.2 Å². The summed E-state index contributed by atoms with van der Waals surface area (Å²) in [5, 5.41) is 2.80. The van der Waals surface area contributed by atoms with Gasteiger partial charge in [-0.15, -0.1) is 0 Å². The normalized spacial score (nSPS) is 12.7. The van der Waals surface area contributed by atoms with Crippen LogP contribution >= 0.6 is 0 Å². The van der Waals surface area contributed by atoms with Gasteiger partial charge in [0.15, 0.2) is 0 Å². The third-order valence-electron chi connectivity index (χ3n) is 3.92. The van der Waals surface area contributed by atoms with Crippen LogP contribution in [0.25, 0.3) is 0 Å². The van der Waals surface area contributed by atoms with Crippen LogP contribution in [-0.4, -0.2) is 32.1 Å². The first kappa shape index (κ1) is 15.1. The zero-order valence-electron chi connectivity index (χ0n) is 12.9. The van der Waals surface area contributed by atoms with Crippen LogP contribution in [0.3, 0.4) is 0 Å². The number of esters is 1. The lowest BCUT2D eigenvalue weighted by Crippen LogP contribution is -2.32. The number of nitrogens with zero attached hydrogens (tertiary/aromatic N) is 1. The Bertz CT molecular complexity index is 743. The number of nitrogens with one attached hydrogen (secondary N) is 1. The molecule has 0 spiro atoms. The van der Waals surface area contributed by atoms with E-state index in [-0.39, 0.29) is 12.5 Å². The lowest BCUT2D eigenvalue weighted by molar-refractivity contribution is -0.115. The molecule has 3 rings (SSSR count). The molecule has 0 saturated carbocycles. The van der Waals surface area contributed by atoms with Gasteiger partial charge >= 0.3 is 5.97 Å². The average molecular weight is 310 g/mol. The number of anilines is 2. The van der Waals surface area contributed by atoms with E-state index in [0.29, 0.717) is 11.3 Å². The first-order valence-corrected chi connectivity index (χ1v) is 7.49. The van der Waals surface area contributed by atoms with Gasteiger partial charge in [-0.3, -0.25) is 4.79 Å². The number of amides is 1. The molecule has 0 fully saturated rings. The van der Waals surface area contributed by atoms with Crippen molar-refractivity contribution < 1.29 is 14.3 Å². The van der Waals surface area contributed by atoms with Gasteiger partial charge in [0.05, 0.1) is 24.9 Å². The van der Waals surface area contributed by atoms with Crippen LogP contribution in [0.4, 0.5) is 11.4 Å². The summed E-state index contributed by atoms with van der Waals surface area (Å²) < 4.78 is 4.74. The highest BCUT2D eigenvalue weighted by molar-refractivity contribution is 6.02. The van der Waals surface area contributed by atoms with E-state index in [1.807, 2.05) is 23.1 Å². The van der Waals surface area contributed by atoms with Crippen molar-refractivity contribution in [2.45, 2.75) is 6.42 Å². The maximum atomic E-state index is 12.3. The number of hydrogen-bond donors (Lipinski definition) is 1. The fraction of sp³-hybridized carbons (Fsp3) is 0.222. The van der Waals surface area contributed by atoms with Crippen molar-refractivity contribution in [1.82, 2.24) is 0 Å². The number of fused-ring (bicyclic) bond motifs is 1. The van der Waals surface area contributed by atoms with Crippen LogP contribution in [0.15, 0.2) is 48.5 Å². The Morgan fingerprint density at radius 3 is 2.70 bits per heavy atom. The molecule has 1 aliphatic rings. The molecule has 1 heterocycles. The number of carbonyl (C=O) groups excluding carboxylic acids is 2. The van der Waals surface area contributed by atoms with E-state index in [9.17, 15) is 9.59 Å². The van der Waals surface area contributed by atoms with Crippen molar-refractivity contribution in [2.75, 3.05) is 30.4 Å². The minimum atomic E-state index is -0.465. The highest BCUT2D eigenvalue weighted by Gasteiger charge is 2.21. The fourth-order valence-corrected chi connectivity index (χ4v) is 2.81. The second-order valence-electron chi connectivity index (χ2n) is 5.39. The van der Waals surface area contributed by atoms with Crippen LogP contribution in [0.2, 0.25) is 0 Å². The van der Waals surface area contributed by atoms with Crippen LogP contribution in [-0.2, 0) is 16.0 Å². The first-order chi connectivity index (χ1) is 11.2. The van der Waals surface area contributed by atoms with E-state index >= 15 is 0 Å². The number of para-hydroxylation sites is 2. The molecular formula is C18H18N2O3. The monoisotopic (exact) mass is 310 g/mol. The van der Waals surface area contributed by atoms with E-state index in [1.54, 1.807) is 24.3 Å². The summed E-state index contributed by atoms with van der Waals surface area (Å²) in [5.41, 5.74) is 3.18. The first-order valence-electron chi connectivity index (χ1n) is 7.49. The van der Waals surface area contributed by atoms with Gasteiger partial charge in [-0.1, -0.05) is 30.3 Å². The van der Waals surface area contributed by atoms with E-state index in [1.165, 1.54) is 12.7 Å². The third kappa shape index (κ3) is 3.18. The predicted octanol–water partition coefficient (Wildman–Crippen LogP) is 2.47. The quantitative estimate of drug-likeness (QED) is 0.881. The Balaban J connectivity index is 1.71. The summed E-state index contributed by atoms with van der Waals surface area (Å²) in [5.74, 6) is -0.620. The molecule has 0 aromatic heterocycles. The van der Waals surface area contributed by atoms with Gasteiger partial charge in [0.2, 0.25) is 5.91 Å². The van der Waals surface area contributed by atoms with Crippen molar-refractivity contribution in [3.05, 3.63) is 59.7 Å². The number of hydrogen-bond acceptors (Lipinski definition) is 4. The van der Waals surface area contributed by atoms with Gasteiger partial charge in [-0.2, -0.15) is 0 Å². The zero-order valence-corrected chi connectivity index (χ0v) is 12.9. The van der Waals surface area contributed by atoms with Crippen LogP contribution in [0.5, 0.6) is 0 Å². The molecule has 118 valence electrons. The molecule has 5 nitrogen and oxygen atoms in total. The molecule has 5 heteroatoms. The molecule has 0 bridgehead atoms. The third-order valence-corrected chi connectivity index (χ3v) is 3.92. The Labute approximate surface area is 134 Å². The SMILES string of the molecule is COC(=O)c1ccccc1NC(=O)CN1CCc2ccccc21. The zero-order chi connectivity index (χ0) is 16.2. The van der Waals surface area contributed by atoms with Gasteiger partial charge in [-0.25, -0.2) is 4.79 Å². The van der Waals surface area contributed by atoms with E-state index < -0.39 is 5.97 Å². The minimum Gasteiger partial charge on any atom is -0.465 e. The average Bonchev–Trinajstić information content (AvgIpc) is 2.98. The Morgan fingerprint density at radius 2 is 1.87 bits per heavy atom. The highest BCUT2D eigenvalue weighted by Crippen LogP contribution is 2.27. The number of benzene rings is 2. The molecule has 1 N–H and O–H groups in total. The van der Waals surface area contributed by atoms with Crippen molar-refractivity contribution in [3.63, 3.8) is 0 Å². The van der Waals surface area contributed by atoms with Gasteiger partial charge in [0, 0.05) is 12.2 Å². The maximum Gasteiger partial charge on any atom is 0.339 e. The Kier molecular flexibility index (Phi) is 4.28. The maximum absolute atomic E-state index is 12.3. The van der Waals surface area contributed by atoms with Gasteiger partial charge in [-0.05, 0) is 30.2 Å². The molecule has 2 aromatic carbocycles. The highest BCUT2D eigenvalue weighted by atomic mass is 16.5. The lowest BCUT2D eigenvalue weighted by Gasteiger charge is -2.19. The molecule has 1 amide bonds. The molecule has 23 heavy (non-hydrogen) atoms. The summed E-state index contributed by atoms with van der Waals surface area (Å²) in [6, 6.07) is 14.9. The molecule has 1 aliphatic heterocycles. The molecule has 2 aromatic rings. The number of ether oxygens (including phenoxy) is 1. The Morgan fingerprint density at radius 1 is 1.13 bits per heavy atom. The van der Waals surface area contributed by atoms with Gasteiger partial charge in [0.25, 0.3) is 0 Å². The second kappa shape index (κ2) is 6.52. The van der Waals surface area contributed by atoms with E-state index in [2.05, 4.69) is 11.4 Å². The lowest BCUT2D eigenvalue weighted by atomic mass is 10.1. The second-order valence-corrected chi connectivity index (χ2v) is 5.39. The molecule has 0 radical (unpaired) electrons. The standard InChI is InChI=1S/C18H18N2O3/c1-23-18(22)14-7-3-4-8-15(14)19-17(21)12-20-11-10-13-6-2-5-9-16(13)20/h2-9H,10-12H2,1H3,(H,19,21). The molecule has 0 atom stereocenters. The fourth-order valence-electron chi connectivity index (χ4n) is 2.81. The molecule has 0 unspecified atom stereocenters. The van der Waals surface area contributed by atoms with Crippen molar-refractivity contribution >= 4 is 23.3 Å². The Hall–Kier alpha value is -2.82. The molecule has 0 saturated heterocycles. The number of carbonyl (C=O) groups is 2. The van der Waals surface area contributed by atoms with Crippen molar-refractivity contribution in [2.24, 2.45) is 0 Å². The number of rotatable bonds is 4. The smallest absolute Gasteiger partial charge is 0.339 e. The van der Waals surface area contributed by atoms with Gasteiger partial charge in [0.1, 0.15) is 0 Å². The van der Waals surface area contributed by atoms with E-state index in [0.717, 1.165) is 18.7 Å². The van der Waals surface area contributed by atoms with E-state index in [4.69, 9.17) is 4.74 Å². The van der Waals surface area contributed by atoms with Crippen molar-refractivity contribution in [1.29, 1.82) is 0 Å². The summed E-state index contributed by atoms with van der Waals surface area (Å²) in [4.78, 5) is 26.1. The largest absolute Gasteiger partial charge is 0.465 e. The van der Waals surface area contributed by atoms with Crippen molar-refractivity contribution in [3.8, 4) is 0 Å². The summed E-state index contributed by atoms with van der Waals surface area (Å²) in [6.07, 6.45) is 0.947. The van der Waals surface area contributed by atoms with Gasteiger partial charge < -0.3 is 15.0 Å². The summed E-state index contributed by atoms with van der Waals surface area (Å²) in [7, 11) is 1.32. The molecule has 0 aliphatic carbocycles. The van der Waals surface area contributed by atoms with Crippen LogP contribution in [0, 0.1) is 0 Å². The minimum absolute atomic E-state index is 0.155.